The van der Waals surface area contributed by atoms with E-state index < -0.39 is 6.10 Å². The molecule has 2 rings (SSSR count). The van der Waals surface area contributed by atoms with E-state index in [-0.39, 0.29) is 16.7 Å². The number of benzene rings is 1. The van der Waals surface area contributed by atoms with Crippen LogP contribution in [0.25, 0.3) is 0 Å². The number of hydrogen-bond donors (Lipinski definition) is 1. The Labute approximate surface area is 157 Å². The largest absolute Gasteiger partial charge is 0.493 e. The molecule has 0 aromatic heterocycles. The molecule has 4 nitrogen and oxygen atoms in total. The molecule has 0 bridgehead atoms. The maximum atomic E-state index is 11.9. The van der Waals surface area contributed by atoms with Crippen LogP contribution in [0.2, 0.25) is 0 Å². The Hall–Kier alpha value is -1.55. The molecule has 26 heavy (non-hydrogen) atoms. The Balaban J connectivity index is 2.36. The number of ether oxygens (including phenoxy) is 2. The van der Waals surface area contributed by atoms with E-state index in [0.717, 1.165) is 23.3 Å². The van der Waals surface area contributed by atoms with Crippen molar-refractivity contribution in [3.05, 3.63) is 23.3 Å². The van der Waals surface area contributed by atoms with Gasteiger partial charge in [0.25, 0.3) is 0 Å². The Morgan fingerprint density at radius 1 is 1.15 bits per heavy atom. The fraction of sp³-hybridized carbons (Fsp3) is 0.682. The maximum Gasteiger partial charge on any atom is 0.164 e. The Morgan fingerprint density at radius 2 is 1.81 bits per heavy atom. The van der Waals surface area contributed by atoms with Crippen molar-refractivity contribution in [2.24, 2.45) is 10.8 Å². The second-order valence-electron chi connectivity index (χ2n) is 8.88. The van der Waals surface area contributed by atoms with Crippen molar-refractivity contribution in [1.82, 2.24) is 0 Å². The Kier molecular flexibility index (Phi) is 6.06. The molecule has 2 atom stereocenters. The van der Waals surface area contributed by atoms with Gasteiger partial charge in [-0.25, -0.2) is 0 Å². The summed E-state index contributed by atoms with van der Waals surface area (Å²) in [7, 11) is 3.26. The molecule has 1 saturated carbocycles. The summed E-state index contributed by atoms with van der Waals surface area (Å²) in [4.78, 5) is 11.9. The topological polar surface area (TPSA) is 55.8 Å². The van der Waals surface area contributed by atoms with Crippen LogP contribution in [0.15, 0.2) is 12.1 Å². The van der Waals surface area contributed by atoms with E-state index in [1.54, 1.807) is 14.2 Å². The Bertz CT molecular complexity index is 662. The zero-order valence-electron chi connectivity index (χ0n) is 17.3. The van der Waals surface area contributed by atoms with Crippen LogP contribution in [0.3, 0.4) is 0 Å². The molecule has 0 saturated heterocycles. The van der Waals surface area contributed by atoms with Gasteiger partial charge in [-0.15, -0.1) is 0 Å². The molecule has 0 radical (unpaired) electrons. The molecular weight excluding hydrogens is 328 g/mol. The zero-order chi connectivity index (χ0) is 19.7. The lowest BCUT2D eigenvalue weighted by molar-refractivity contribution is -0.130. The van der Waals surface area contributed by atoms with Gasteiger partial charge >= 0.3 is 0 Å². The minimum atomic E-state index is -0.607. The van der Waals surface area contributed by atoms with Gasteiger partial charge in [0.1, 0.15) is 5.78 Å². The molecule has 1 aromatic rings. The predicted molar refractivity (Wildman–Crippen MR) is 104 cm³/mol. The number of rotatable bonds is 6. The number of carbonyl (C=O) groups is 1. The van der Waals surface area contributed by atoms with Crippen LogP contribution < -0.4 is 9.47 Å². The van der Waals surface area contributed by atoms with Crippen LogP contribution in [0.5, 0.6) is 11.5 Å². The van der Waals surface area contributed by atoms with E-state index in [0.29, 0.717) is 30.8 Å². The van der Waals surface area contributed by atoms with Crippen LogP contribution in [0.1, 0.15) is 83.5 Å². The monoisotopic (exact) mass is 362 g/mol. The van der Waals surface area contributed by atoms with Crippen molar-refractivity contribution in [2.45, 2.75) is 72.3 Å². The van der Waals surface area contributed by atoms with Crippen molar-refractivity contribution >= 4 is 5.78 Å². The molecule has 1 aromatic carbocycles. The minimum Gasteiger partial charge on any atom is -0.493 e. The van der Waals surface area contributed by atoms with Crippen molar-refractivity contribution in [2.75, 3.05) is 14.2 Å². The SMILES string of the molecule is COc1cc(C(O)CC2(C)CCC(=O)CC2(C)C)cc(C(C)C)c1OC. The average molecular weight is 363 g/mol. The smallest absolute Gasteiger partial charge is 0.164 e. The van der Waals surface area contributed by atoms with Crippen LogP contribution in [-0.4, -0.2) is 25.1 Å². The molecule has 0 heterocycles. The number of Topliss-reactive ketones (excluding diaryl/α,β-unsaturated/α-hetero) is 1. The van der Waals surface area contributed by atoms with E-state index in [1.807, 2.05) is 12.1 Å². The molecule has 1 fully saturated rings. The van der Waals surface area contributed by atoms with Gasteiger partial charge in [-0.2, -0.15) is 0 Å². The third-order valence-electron chi connectivity index (χ3n) is 6.41. The highest BCUT2D eigenvalue weighted by molar-refractivity contribution is 5.80. The second-order valence-corrected chi connectivity index (χ2v) is 8.88. The number of carbonyl (C=O) groups excluding carboxylic acids is 1. The number of methoxy groups -OCH3 is 2. The summed E-state index contributed by atoms with van der Waals surface area (Å²) < 4.78 is 11.0. The molecule has 146 valence electrons. The Morgan fingerprint density at radius 3 is 2.31 bits per heavy atom. The van der Waals surface area contributed by atoms with Gasteiger partial charge in [-0.3, -0.25) is 4.79 Å². The lowest BCUT2D eigenvalue weighted by Crippen LogP contribution is -2.42. The van der Waals surface area contributed by atoms with Gasteiger partial charge in [0.15, 0.2) is 11.5 Å². The van der Waals surface area contributed by atoms with Crippen LogP contribution in [0, 0.1) is 10.8 Å². The average Bonchev–Trinajstić information content (AvgIpc) is 2.56. The van der Waals surface area contributed by atoms with Crippen molar-refractivity contribution in [3.63, 3.8) is 0 Å². The highest BCUT2D eigenvalue weighted by Gasteiger charge is 2.46. The van der Waals surface area contributed by atoms with Crippen LogP contribution in [-0.2, 0) is 4.79 Å². The molecule has 0 amide bonds. The fourth-order valence-corrected chi connectivity index (χ4v) is 4.11. The highest BCUT2D eigenvalue weighted by Crippen LogP contribution is 2.53. The molecule has 0 spiro atoms. The first-order valence-electron chi connectivity index (χ1n) is 9.50. The standard InChI is InChI=1S/C22H34O4/c1-14(2)17-10-15(11-19(25-6)20(17)26-7)18(24)13-22(5)9-8-16(23)12-21(22,3)4/h10-11,14,18,24H,8-9,12-13H2,1-7H3. The third kappa shape index (κ3) is 3.90. The van der Waals surface area contributed by atoms with Crippen LogP contribution >= 0.6 is 0 Å². The number of ketones is 1. The summed E-state index contributed by atoms with van der Waals surface area (Å²) in [5.41, 5.74) is 1.66. The minimum absolute atomic E-state index is 0.0918. The summed E-state index contributed by atoms with van der Waals surface area (Å²) in [6, 6.07) is 3.90. The van der Waals surface area contributed by atoms with Gasteiger partial charge in [0.2, 0.25) is 0 Å². The highest BCUT2D eigenvalue weighted by atomic mass is 16.5. The van der Waals surface area contributed by atoms with E-state index in [4.69, 9.17) is 9.47 Å². The van der Waals surface area contributed by atoms with Gasteiger partial charge < -0.3 is 14.6 Å². The van der Waals surface area contributed by atoms with Gasteiger partial charge in [0, 0.05) is 18.4 Å². The molecule has 1 aliphatic rings. The summed E-state index contributed by atoms with van der Waals surface area (Å²) in [5, 5.41) is 11.0. The van der Waals surface area contributed by atoms with E-state index in [1.165, 1.54) is 0 Å². The summed E-state index contributed by atoms with van der Waals surface area (Å²) in [6.07, 6.45) is 2.03. The molecule has 1 aliphatic carbocycles. The first-order chi connectivity index (χ1) is 12.0. The number of aliphatic hydroxyl groups excluding tert-OH is 1. The number of aliphatic hydroxyl groups is 1. The van der Waals surface area contributed by atoms with E-state index in [9.17, 15) is 9.90 Å². The van der Waals surface area contributed by atoms with E-state index in [2.05, 4.69) is 34.6 Å². The van der Waals surface area contributed by atoms with Crippen molar-refractivity contribution in [1.29, 1.82) is 0 Å². The van der Waals surface area contributed by atoms with Gasteiger partial charge in [-0.1, -0.05) is 34.6 Å². The summed E-state index contributed by atoms with van der Waals surface area (Å²) in [6.45, 7) is 10.7. The van der Waals surface area contributed by atoms with Gasteiger partial charge in [0.05, 0.1) is 20.3 Å². The quantitative estimate of drug-likeness (QED) is 0.770. The molecular formula is C22H34O4. The first kappa shape index (κ1) is 20.8. The zero-order valence-corrected chi connectivity index (χ0v) is 17.3. The predicted octanol–water partition coefficient (Wildman–Crippen LogP) is 5.04. The lowest BCUT2D eigenvalue weighted by Gasteiger charge is -2.48. The van der Waals surface area contributed by atoms with Crippen molar-refractivity contribution < 1.29 is 19.4 Å². The van der Waals surface area contributed by atoms with Gasteiger partial charge in [-0.05, 0) is 47.3 Å². The number of hydrogen-bond acceptors (Lipinski definition) is 4. The maximum absolute atomic E-state index is 11.9. The second kappa shape index (κ2) is 7.59. The fourth-order valence-electron chi connectivity index (χ4n) is 4.11. The molecule has 4 heteroatoms. The van der Waals surface area contributed by atoms with E-state index >= 15 is 0 Å². The summed E-state index contributed by atoms with van der Waals surface area (Å²) >= 11 is 0. The third-order valence-corrected chi connectivity index (χ3v) is 6.41. The lowest BCUT2D eigenvalue weighted by atomic mass is 9.56. The molecule has 0 aliphatic heterocycles. The summed E-state index contributed by atoms with van der Waals surface area (Å²) in [5.74, 6) is 1.96. The molecule has 1 N–H and O–H groups in total. The van der Waals surface area contributed by atoms with Crippen molar-refractivity contribution in [3.8, 4) is 11.5 Å². The molecule has 2 unspecified atom stereocenters. The first-order valence-corrected chi connectivity index (χ1v) is 9.50. The van der Waals surface area contributed by atoms with Crippen LogP contribution in [0.4, 0.5) is 0 Å². The normalized spacial score (nSPS) is 23.8.